The number of dihydropyridines is 1. The van der Waals surface area contributed by atoms with Gasteiger partial charge in [-0.15, -0.1) is 11.3 Å². The molecule has 0 radical (unpaired) electrons. The molecule has 192 valence electrons. The maximum atomic E-state index is 13.7. The molecular formula is C27H31NO7S. The van der Waals surface area contributed by atoms with Crippen molar-refractivity contribution in [3.8, 4) is 17.2 Å². The van der Waals surface area contributed by atoms with Gasteiger partial charge in [0.25, 0.3) is 0 Å². The molecule has 2 atom stereocenters. The number of thiophene rings is 1. The first kappa shape index (κ1) is 25.8. The SMILES string of the molecule is COCCOC(=O)C1=C(C)NC2=C(C(=O)C[C@H](c3cccs3)C2)[C@H]1c1ccc(OC)c(OC)c1OC. The average Bonchev–Trinajstić information content (AvgIpc) is 3.42. The number of ketones is 1. The number of rotatable bonds is 9. The minimum atomic E-state index is -0.692. The van der Waals surface area contributed by atoms with Gasteiger partial charge >= 0.3 is 5.97 Å². The van der Waals surface area contributed by atoms with Crippen molar-refractivity contribution in [3.05, 3.63) is 62.6 Å². The van der Waals surface area contributed by atoms with Crippen LogP contribution in [0.3, 0.4) is 0 Å². The van der Waals surface area contributed by atoms with Gasteiger partial charge in [0, 0.05) is 46.9 Å². The minimum absolute atomic E-state index is 0.0151. The first-order valence-corrected chi connectivity index (χ1v) is 12.5. The Bertz CT molecular complexity index is 1200. The lowest BCUT2D eigenvalue weighted by molar-refractivity contribution is -0.140. The number of Topliss-reactive ketones (excluding diaryl/α,β-unsaturated/α-hetero) is 1. The summed E-state index contributed by atoms with van der Waals surface area (Å²) < 4.78 is 27.4. The molecule has 2 aliphatic rings. The van der Waals surface area contributed by atoms with Gasteiger partial charge in [-0.3, -0.25) is 4.79 Å². The van der Waals surface area contributed by atoms with Crippen LogP contribution < -0.4 is 19.5 Å². The van der Waals surface area contributed by atoms with Crippen LogP contribution in [-0.4, -0.2) is 53.4 Å². The second-order valence-electron chi connectivity index (χ2n) is 8.58. The van der Waals surface area contributed by atoms with Crippen LogP contribution >= 0.6 is 11.3 Å². The molecule has 2 heterocycles. The van der Waals surface area contributed by atoms with E-state index in [1.165, 1.54) is 19.1 Å². The third kappa shape index (κ3) is 4.73. The maximum Gasteiger partial charge on any atom is 0.336 e. The first-order valence-electron chi connectivity index (χ1n) is 11.7. The summed E-state index contributed by atoms with van der Waals surface area (Å²) in [4.78, 5) is 28.3. The van der Waals surface area contributed by atoms with Crippen molar-refractivity contribution in [2.45, 2.75) is 31.6 Å². The zero-order valence-electron chi connectivity index (χ0n) is 21.1. The molecule has 1 N–H and O–H groups in total. The van der Waals surface area contributed by atoms with E-state index in [0.29, 0.717) is 52.5 Å². The molecule has 0 amide bonds. The average molecular weight is 514 g/mol. The number of methoxy groups -OCH3 is 4. The number of carbonyl (C=O) groups excluding carboxylic acids is 2. The Morgan fingerprint density at radius 1 is 1.03 bits per heavy atom. The number of nitrogens with one attached hydrogen (secondary N) is 1. The van der Waals surface area contributed by atoms with Crippen molar-refractivity contribution in [3.63, 3.8) is 0 Å². The number of benzene rings is 1. The highest BCUT2D eigenvalue weighted by molar-refractivity contribution is 7.10. The Hall–Kier alpha value is -3.30. The standard InChI is InChI=1S/C27H31NO7S/c1-15-22(27(30)35-11-10-31-2)23(17-8-9-20(32-3)26(34-5)25(17)33-4)24-18(28-15)13-16(14-19(24)29)21-7-6-12-36-21/h6-9,12,16,23,28H,10-11,13-14H2,1-5H3/t16-,23+/m1/s1. The molecule has 8 nitrogen and oxygen atoms in total. The van der Waals surface area contributed by atoms with Crippen molar-refractivity contribution >= 4 is 23.1 Å². The van der Waals surface area contributed by atoms with Gasteiger partial charge in [0.15, 0.2) is 17.3 Å². The number of ether oxygens (including phenoxy) is 5. The lowest BCUT2D eigenvalue weighted by Crippen LogP contribution is -2.36. The fourth-order valence-corrected chi connectivity index (χ4v) is 5.82. The summed E-state index contributed by atoms with van der Waals surface area (Å²) in [6.45, 7) is 2.20. The van der Waals surface area contributed by atoms with Crippen molar-refractivity contribution in [1.82, 2.24) is 5.32 Å². The maximum absolute atomic E-state index is 13.7. The summed E-state index contributed by atoms with van der Waals surface area (Å²) in [5.74, 6) is 0.139. The molecule has 1 aromatic heterocycles. The van der Waals surface area contributed by atoms with E-state index >= 15 is 0 Å². The number of hydrogen-bond acceptors (Lipinski definition) is 9. The minimum Gasteiger partial charge on any atom is -0.493 e. The molecule has 1 aromatic carbocycles. The molecule has 0 bridgehead atoms. The summed E-state index contributed by atoms with van der Waals surface area (Å²) in [7, 11) is 6.13. The van der Waals surface area contributed by atoms with E-state index in [1.54, 1.807) is 31.6 Å². The highest BCUT2D eigenvalue weighted by atomic mass is 32.1. The topological polar surface area (TPSA) is 92.3 Å². The second kappa shape index (κ2) is 11.2. The summed E-state index contributed by atoms with van der Waals surface area (Å²) >= 11 is 1.65. The smallest absolute Gasteiger partial charge is 0.336 e. The summed E-state index contributed by atoms with van der Waals surface area (Å²) in [5, 5.41) is 5.39. The molecule has 4 rings (SSSR count). The van der Waals surface area contributed by atoms with Crippen LogP contribution in [0, 0.1) is 0 Å². The quantitative estimate of drug-likeness (QED) is 0.391. The molecule has 0 saturated heterocycles. The van der Waals surface area contributed by atoms with Gasteiger partial charge in [-0.05, 0) is 30.9 Å². The molecule has 9 heteroatoms. The lowest BCUT2D eigenvalue weighted by Gasteiger charge is -2.37. The molecule has 0 fully saturated rings. The van der Waals surface area contributed by atoms with Gasteiger partial charge in [-0.25, -0.2) is 4.79 Å². The van der Waals surface area contributed by atoms with Crippen molar-refractivity contribution in [2.24, 2.45) is 0 Å². The van der Waals surface area contributed by atoms with E-state index in [2.05, 4.69) is 11.4 Å². The molecule has 36 heavy (non-hydrogen) atoms. The molecule has 0 spiro atoms. The van der Waals surface area contributed by atoms with Gasteiger partial charge in [-0.1, -0.05) is 12.1 Å². The van der Waals surface area contributed by atoms with Crippen LogP contribution in [0.2, 0.25) is 0 Å². The highest BCUT2D eigenvalue weighted by Crippen LogP contribution is 2.51. The summed E-state index contributed by atoms with van der Waals surface area (Å²) in [6, 6.07) is 7.63. The van der Waals surface area contributed by atoms with Crippen LogP contribution in [-0.2, 0) is 19.1 Å². The van der Waals surface area contributed by atoms with E-state index in [0.717, 1.165) is 5.70 Å². The zero-order valence-corrected chi connectivity index (χ0v) is 22.0. The van der Waals surface area contributed by atoms with Crippen LogP contribution in [0.4, 0.5) is 0 Å². The third-order valence-corrected chi connectivity index (χ3v) is 7.59. The molecule has 1 aliphatic carbocycles. The van der Waals surface area contributed by atoms with Gasteiger partial charge < -0.3 is 29.0 Å². The second-order valence-corrected chi connectivity index (χ2v) is 9.56. The largest absolute Gasteiger partial charge is 0.493 e. The molecule has 0 unspecified atom stereocenters. The molecular weight excluding hydrogens is 482 g/mol. The first-order chi connectivity index (χ1) is 17.4. The number of esters is 1. The fraction of sp³-hybridized carbons (Fsp3) is 0.407. The third-order valence-electron chi connectivity index (χ3n) is 6.56. The highest BCUT2D eigenvalue weighted by Gasteiger charge is 2.43. The van der Waals surface area contributed by atoms with Gasteiger partial charge in [-0.2, -0.15) is 0 Å². The van der Waals surface area contributed by atoms with Crippen LogP contribution in [0.5, 0.6) is 17.2 Å². The Morgan fingerprint density at radius 3 is 2.44 bits per heavy atom. The predicted molar refractivity (Wildman–Crippen MR) is 136 cm³/mol. The summed E-state index contributed by atoms with van der Waals surface area (Å²) in [5.41, 5.74) is 3.00. The zero-order chi connectivity index (χ0) is 25.8. The van der Waals surface area contributed by atoms with Crippen molar-refractivity contribution in [2.75, 3.05) is 41.7 Å². The Balaban J connectivity index is 1.87. The van der Waals surface area contributed by atoms with Gasteiger partial charge in [0.2, 0.25) is 5.75 Å². The molecule has 1 aliphatic heterocycles. The molecule has 2 aromatic rings. The number of allylic oxidation sites excluding steroid dienone is 3. The van der Waals surface area contributed by atoms with Crippen molar-refractivity contribution in [1.29, 1.82) is 0 Å². The predicted octanol–water partition coefficient (Wildman–Crippen LogP) is 4.33. The van der Waals surface area contributed by atoms with E-state index < -0.39 is 11.9 Å². The van der Waals surface area contributed by atoms with E-state index in [9.17, 15) is 9.59 Å². The fourth-order valence-electron chi connectivity index (χ4n) is 4.99. The van der Waals surface area contributed by atoms with Crippen molar-refractivity contribution < 1.29 is 33.3 Å². The van der Waals surface area contributed by atoms with E-state index in [-0.39, 0.29) is 24.9 Å². The lowest BCUT2D eigenvalue weighted by atomic mass is 9.72. The Labute approximate surface area is 214 Å². The van der Waals surface area contributed by atoms with Gasteiger partial charge in [0.05, 0.1) is 39.4 Å². The molecule has 0 saturated carbocycles. The van der Waals surface area contributed by atoms with E-state index in [4.69, 9.17) is 23.7 Å². The van der Waals surface area contributed by atoms with Gasteiger partial charge in [0.1, 0.15) is 6.61 Å². The number of hydrogen-bond donors (Lipinski definition) is 1. The monoisotopic (exact) mass is 513 g/mol. The van der Waals surface area contributed by atoms with Crippen LogP contribution in [0.15, 0.2) is 52.2 Å². The van der Waals surface area contributed by atoms with Crippen LogP contribution in [0.25, 0.3) is 0 Å². The normalized spacial score (nSPS) is 19.5. The van der Waals surface area contributed by atoms with E-state index in [1.807, 2.05) is 24.4 Å². The number of carbonyl (C=O) groups is 2. The van der Waals surface area contributed by atoms with Crippen LogP contribution in [0.1, 0.15) is 42.0 Å². The summed E-state index contributed by atoms with van der Waals surface area (Å²) in [6.07, 6.45) is 1.02. The Morgan fingerprint density at radius 2 is 1.81 bits per heavy atom. The Kier molecular flexibility index (Phi) is 8.01.